The molecule has 1 rings (SSSR count). The van der Waals surface area contributed by atoms with Crippen molar-refractivity contribution in [3.05, 3.63) is 28.2 Å². The maximum atomic E-state index is 13.5. The van der Waals surface area contributed by atoms with Gasteiger partial charge in [-0.1, -0.05) is 15.9 Å². The van der Waals surface area contributed by atoms with Crippen molar-refractivity contribution in [3.8, 4) is 0 Å². The van der Waals surface area contributed by atoms with Gasteiger partial charge >= 0.3 is 0 Å². The van der Waals surface area contributed by atoms with E-state index in [4.69, 9.17) is 9.47 Å². The Morgan fingerprint density at radius 2 is 1.65 bits per heavy atom. The molecule has 1 aromatic rings. The van der Waals surface area contributed by atoms with E-state index < -0.39 is 24.0 Å². The molecule has 17 heavy (non-hydrogen) atoms. The Morgan fingerprint density at radius 3 is 2.06 bits per heavy atom. The van der Waals surface area contributed by atoms with Crippen LogP contribution in [-0.2, 0) is 9.47 Å². The van der Waals surface area contributed by atoms with Crippen molar-refractivity contribution in [2.24, 2.45) is 0 Å². The molecule has 0 aliphatic carbocycles. The number of hydrogen-bond donors (Lipinski definition) is 1. The van der Waals surface area contributed by atoms with Gasteiger partial charge in [0.05, 0.1) is 6.04 Å². The van der Waals surface area contributed by atoms with Crippen LogP contribution in [0.5, 0.6) is 0 Å². The standard InChI is InChI=1S/C11H14BrF2NO2/c1-6(11(16-2)17-3)15-10-8(13)4-7(12)5-9(10)14/h4-6,11,15H,1-3H3. The topological polar surface area (TPSA) is 30.5 Å². The smallest absolute Gasteiger partial charge is 0.176 e. The van der Waals surface area contributed by atoms with Gasteiger partial charge in [-0.15, -0.1) is 0 Å². The fourth-order valence-electron chi connectivity index (χ4n) is 1.48. The fourth-order valence-corrected chi connectivity index (χ4v) is 1.88. The van der Waals surface area contributed by atoms with E-state index in [-0.39, 0.29) is 5.69 Å². The first-order valence-corrected chi connectivity index (χ1v) is 5.75. The molecule has 0 amide bonds. The number of rotatable bonds is 5. The molecule has 1 atom stereocenters. The summed E-state index contributed by atoms with van der Waals surface area (Å²) in [5.74, 6) is -1.34. The molecule has 1 N–H and O–H groups in total. The average molecular weight is 310 g/mol. The summed E-state index contributed by atoms with van der Waals surface area (Å²) in [7, 11) is 2.92. The van der Waals surface area contributed by atoms with Crippen molar-refractivity contribution in [2.75, 3.05) is 19.5 Å². The summed E-state index contributed by atoms with van der Waals surface area (Å²) < 4.78 is 37.4. The predicted molar refractivity (Wildman–Crippen MR) is 64.9 cm³/mol. The van der Waals surface area contributed by atoms with Gasteiger partial charge in [0.25, 0.3) is 0 Å². The van der Waals surface area contributed by atoms with Crippen molar-refractivity contribution in [2.45, 2.75) is 19.3 Å². The maximum Gasteiger partial charge on any atom is 0.176 e. The monoisotopic (exact) mass is 309 g/mol. The molecular weight excluding hydrogens is 296 g/mol. The van der Waals surface area contributed by atoms with E-state index >= 15 is 0 Å². The zero-order valence-corrected chi connectivity index (χ0v) is 11.3. The van der Waals surface area contributed by atoms with Crippen LogP contribution in [0.15, 0.2) is 16.6 Å². The summed E-state index contributed by atoms with van der Waals surface area (Å²) in [6.07, 6.45) is -0.586. The Hall–Kier alpha value is -0.720. The molecule has 0 aromatic heterocycles. The van der Waals surface area contributed by atoms with Gasteiger partial charge in [-0.3, -0.25) is 0 Å². The zero-order valence-electron chi connectivity index (χ0n) is 9.76. The van der Waals surface area contributed by atoms with Gasteiger partial charge in [0.2, 0.25) is 0 Å². The first-order valence-electron chi connectivity index (χ1n) is 4.96. The van der Waals surface area contributed by atoms with E-state index in [2.05, 4.69) is 21.2 Å². The summed E-state index contributed by atoms with van der Waals surface area (Å²) in [5, 5.41) is 2.69. The van der Waals surface area contributed by atoms with Crippen molar-refractivity contribution in [1.29, 1.82) is 0 Å². The summed E-state index contributed by atoms with van der Waals surface area (Å²) in [4.78, 5) is 0. The third-order valence-electron chi connectivity index (χ3n) is 2.25. The molecule has 0 aliphatic heterocycles. The van der Waals surface area contributed by atoms with E-state index in [9.17, 15) is 8.78 Å². The van der Waals surface area contributed by atoms with E-state index in [1.165, 1.54) is 26.4 Å². The van der Waals surface area contributed by atoms with Crippen LogP contribution in [0.1, 0.15) is 6.92 Å². The lowest BCUT2D eigenvalue weighted by atomic mass is 10.2. The highest BCUT2D eigenvalue weighted by atomic mass is 79.9. The first-order chi connectivity index (χ1) is 7.99. The van der Waals surface area contributed by atoms with Gasteiger partial charge in [-0.25, -0.2) is 8.78 Å². The summed E-state index contributed by atoms with van der Waals surface area (Å²) in [5.41, 5.74) is -0.195. The van der Waals surface area contributed by atoms with E-state index in [0.29, 0.717) is 4.47 Å². The second kappa shape index (κ2) is 6.28. The molecule has 0 saturated carbocycles. The second-order valence-electron chi connectivity index (χ2n) is 3.52. The highest BCUT2D eigenvalue weighted by Gasteiger charge is 2.19. The number of hydrogen-bond acceptors (Lipinski definition) is 3. The molecule has 1 unspecified atom stereocenters. The van der Waals surface area contributed by atoms with E-state index in [1.54, 1.807) is 6.92 Å². The number of ether oxygens (including phenoxy) is 2. The third kappa shape index (κ3) is 3.62. The van der Waals surface area contributed by atoms with Crippen molar-refractivity contribution in [1.82, 2.24) is 0 Å². The number of halogens is 3. The highest BCUT2D eigenvalue weighted by Crippen LogP contribution is 2.24. The molecule has 3 nitrogen and oxygen atoms in total. The van der Waals surface area contributed by atoms with Crippen LogP contribution in [0, 0.1) is 11.6 Å². The molecule has 0 bridgehead atoms. The van der Waals surface area contributed by atoms with Gasteiger partial charge in [0.1, 0.15) is 17.3 Å². The first kappa shape index (κ1) is 14.3. The van der Waals surface area contributed by atoms with Crippen LogP contribution in [0.3, 0.4) is 0 Å². The normalized spacial score (nSPS) is 12.9. The predicted octanol–water partition coefficient (Wildman–Crippen LogP) is 3.15. The molecule has 0 aliphatic rings. The van der Waals surface area contributed by atoms with Gasteiger partial charge < -0.3 is 14.8 Å². The van der Waals surface area contributed by atoms with Gasteiger partial charge in [-0.05, 0) is 19.1 Å². The van der Waals surface area contributed by atoms with Crippen molar-refractivity contribution in [3.63, 3.8) is 0 Å². The molecule has 0 radical (unpaired) electrons. The van der Waals surface area contributed by atoms with Crippen molar-refractivity contribution < 1.29 is 18.3 Å². The van der Waals surface area contributed by atoms with Crippen LogP contribution in [0.2, 0.25) is 0 Å². The molecular formula is C11H14BrF2NO2. The lowest BCUT2D eigenvalue weighted by Crippen LogP contribution is -2.34. The molecule has 0 saturated heterocycles. The Labute approximate surface area is 107 Å². The maximum absolute atomic E-state index is 13.5. The van der Waals surface area contributed by atoms with Gasteiger partial charge in [-0.2, -0.15) is 0 Å². The summed E-state index contributed by atoms with van der Waals surface area (Å²) in [6.45, 7) is 1.71. The minimum Gasteiger partial charge on any atom is -0.373 e. The van der Waals surface area contributed by atoms with Crippen molar-refractivity contribution >= 4 is 21.6 Å². The van der Waals surface area contributed by atoms with Gasteiger partial charge in [0.15, 0.2) is 6.29 Å². The summed E-state index contributed by atoms with van der Waals surface area (Å²) >= 11 is 3.01. The van der Waals surface area contributed by atoms with Crippen LogP contribution >= 0.6 is 15.9 Å². The largest absolute Gasteiger partial charge is 0.373 e. The fraction of sp³-hybridized carbons (Fsp3) is 0.455. The quantitative estimate of drug-likeness (QED) is 0.848. The van der Waals surface area contributed by atoms with Crippen LogP contribution in [0.25, 0.3) is 0 Å². The Morgan fingerprint density at radius 1 is 1.18 bits per heavy atom. The van der Waals surface area contributed by atoms with Crippen LogP contribution in [-0.4, -0.2) is 26.6 Å². The van der Waals surface area contributed by atoms with Gasteiger partial charge in [0, 0.05) is 18.7 Å². The van der Waals surface area contributed by atoms with E-state index in [0.717, 1.165) is 0 Å². The second-order valence-corrected chi connectivity index (χ2v) is 4.43. The SMILES string of the molecule is COC(OC)C(C)Nc1c(F)cc(Br)cc1F. The molecule has 1 aromatic carbocycles. The molecule has 0 heterocycles. The molecule has 6 heteroatoms. The minimum absolute atomic E-state index is 0.195. The molecule has 0 spiro atoms. The Kier molecular flexibility index (Phi) is 5.30. The Balaban J connectivity index is 2.88. The van der Waals surface area contributed by atoms with Crippen LogP contribution < -0.4 is 5.32 Å². The third-order valence-corrected chi connectivity index (χ3v) is 2.71. The lowest BCUT2D eigenvalue weighted by molar-refractivity contribution is -0.109. The number of benzene rings is 1. The highest BCUT2D eigenvalue weighted by molar-refractivity contribution is 9.10. The average Bonchev–Trinajstić information content (AvgIpc) is 2.25. The number of nitrogens with one attached hydrogen (secondary N) is 1. The lowest BCUT2D eigenvalue weighted by Gasteiger charge is -2.23. The summed E-state index contributed by atoms with van der Waals surface area (Å²) in [6, 6.07) is 1.98. The minimum atomic E-state index is -0.672. The Bertz CT molecular complexity index is 363. The molecule has 0 fully saturated rings. The van der Waals surface area contributed by atoms with E-state index in [1.807, 2.05) is 0 Å². The number of anilines is 1. The molecule has 96 valence electrons. The van der Waals surface area contributed by atoms with Crippen LogP contribution in [0.4, 0.5) is 14.5 Å². The zero-order chi connectivity index (χ0) is 13.0. The number of methoxy groups -OCH3 is 2.